The molecule has 0 aliphatic heterocycles. The second kappa shape index (κ2) is 6.40. The monoisotopic (exact) mass is 305 g/mol. The van der Waals surface area contributed by atoms with Gasteiger partial charge in [0.25, 0.3) is 5.69 Å². The maximum Gasteiger partial charge on any atom is 0.269 e. The van der Waals surface area contributed by atoms with E-state index in [2.05, 4.69) is 35.8 Å². The second-order valence-electron chi connectivity index (χ2n) is 5.24. The van der Waals surface area contributed by atoms with Gasteiger partial charge in [-0.2, -0.15) is 4.57 Å². The van der Waals surface area contributed by atoms with Crippen molar-refractivity contribution in [2.45, 2.75) is 13.5 Å². The third-order valence-corrected chi connectivity index (χ3v) is 3.84. The Balaban J connectivity index is 1.95. The van der Waals surface area contributed by atoms with Crippen molar-refractivity contribution in [2.75, 3.05) is 0 Å². The molecule has 0 saturated heterocycles. The number of aryl methyl sites for hydroxylation is 1. The van der Waals surface area contributed by atoms with Crippen molar-refractivity contribution >= 4 is 28.7 Å². The zero-order valence-electron chi connectivity index (χ0n) is 12.8. The van der Waals surface area contributed by atoms with Crippen LogP contribution in [0, 0.1) is 10.1 Å². The first-order valence-electron chi connectivity index (χ1n) is 7.53. The number of nitrogens with zero attached hydrogens (tertiary/aromatic N) is 2. The number of benzene rings is 2. The van der Waals surface area contributed by atoms with Gasteiger partial charge in [-0.3, -0.25) is 10.1 Å². The topological polar surface area (TPSA) is 47.0 Å². The van der Waals surface area contributed by atoms with E-state index in [9.17, 15) is 10.1 Å². The number of pyridine rings is 1. The van der Waals surface area contributed by atoms with Crippen LogP contribution in [-0.4, -0.2) is 4.92 Å². The summed E-state index contributed by atoms with van der Waals surface area (Å²) in [4.78, 5) is 10.3. The lowest BCUT2D eigenvalue weighted by Crippen LogP contribution is -2.36. The van der Waals surface area contributed by atoms with Crippen molar-refractivity contribution in [3.63, 3.8) is 0 Å². The van der Waals surface area contributed by atoms with Crippen molar-refractivity contribution in [3.05, 3.63) is 82.0 Å². The van der Waals surface area contributed by atoms with Crippen molar-refractivity contribution in [1.29, 1.82) is 0 Å². The van der Waals surface area contributed by atoms with Crippen molar-refractivity contribution in [1.82, 2.24) is 0 Å². The van der Waals surface area contributed by atoms with E-state index in [1.165, 1.54) is 23.0 Å². The lowest BCUT2D eigenvalue weighted by molar-refractivity contribution is -0.669. The molecule has 3 rings (SSSR count). The summed E-state index contributed by atoms with van der Waals surface area (Å²) in [7, 11) is 0. The molecule has 2 aromatic carbocycles. The fourth-order valence-corrected chi connectivity index (χ4v) is 2.67. The number of hydrogen-bond acceptors (Lipinski definition) is 2. The molecule has 114 valence electrons. The summed E-state index contributed by atoms with van der Waals surface area (Å²) < 4.78 is 2.25. The molecule has 0 saturated carbocycles. The smallest absolute Gasteiger partial charge is 0.258 e. The molecule has 3 aromatic rings. The highest BCUT2D eigenvalue weighted by molar-refractivity contribution is 5.77. The van der Waals surface area contributed by atoms with Gasteiger partial charge in [0.2, 0.25) is 11.2 Å². The highest BCUT2D eigenvalue weighted by Gasteiger charge is 2.11. The molecule has 0 amide bonds. The Kier molecular flexibility index (Phi) is 4.15. The van der Waals surface area contributed by atoms with Gasteiger partial charge >= 0.3 is 0 Å². The van der Waals surface area contributed by atoms with E-state index in [0.717, 1.165) is 17.8 Å². The number of nitro groups is 1. The molecule has 4 nitrogen and oxygen atoms in total. The van der Waals surface area contributed by atoms with E-state index in [0.29, 0.717) is 0 Å². The normalized spacial score (nSPS) is 11.2. The average Bonchev–Trinajstić information content (AvgIpc) is 2.59. The number of non-ortho nitro benzene ring substituents is 1. The van der Waals surface area contributed by atoms with E-state index in [4.69, 9.17) is 0 Å². The summed E-state index contributed by atoms with van der Waals surface area (Å²) in [5.74, 6) is 0. The van der Waals surface area contributed by atoms with Crippen molar-refractivity contribution in [2.24, 2.45) is 0 Å². The Morgan fingerprint density at radius 2 is 1.74 bits per heavy atom. The molecule has 0 unspecified atom stereocenters. The van der Waals surface area contributed by atoms with Gasteiger partial charge < -0.3 is 0 Å². The number of rotatable bonds is 4. The van der Waals surface area contributed by atoms with Crippen LogP contribution < -0.4 is 4.57 Å². The van der Waals surface area contributed by atoms with Crippen LogP contribution in [0.3, 0.4) is 0 Å². The fraction of sp³-hybridized carbons (Fsp3) is 0.105. The minimum Gasteiger partial charge on any atom is -0.258 e. The second-order valence-corrected chi connectivity index (χ2v) is 5.24. The van der Waals surface area contributed by atoms with Crippen LogP contribution >= 0.6 is 0 Å². The number of fused-ring (bicyclic) bond motifs is 1. The maximum atomic E-state index is 10.7. The fourth-order valence-electron chi connectivity index (χ4n) is 2.67. The molecule has 1 aromatic heterocycles. The van der Waals surface area contributed by atoms with Crippen LogP contribution in [0.5, 0.6) is 0 Å². The van der Waals surface area contributed by atoms with Gasteiger partial charge in [0.1, 0.15) is 6.54 Å². The number of nitro benzene ring substituents is 1. The zero-order valence-corrected chi connectivity index (χ0v) is 12.8. The van der Waals surface area contributed by atoms with Gasteiger partial charge in [-0.05, 0) is 42.8 Å². The molecule has 0 radical (unpaired) electrons. The van der Waals surface area contributed by atoms with E-state index < -0.39 is 0 Å². The van der Waals surface area contributed by atoms with E-state index in [1.54, 1.807) is 12.1 Å². The van der Waals surface area contributed by atoms with Gasteiger partial charge in [0, 0.05) is 35.7 Å². The minimum absolute atomic E-state index is 0.108. The molecule has 23 heavy (non-hydrogen) atoms. The number of hydrogen-bond donors (Lipinski definition) is 0. The Hall–Kier alpha value is -3.01. The molecule has 0 aliphatic carbocycles. The summed E-state index contributed by atoms with van der Waals surface area (Å²) >= 11 is 0. The summed E-state index contributed by atoms with van der Waals surface area (Å²) in [6, 6.07) is 19.0. The van der Waals surface area contributed by atoms with Crippen LogP contribution in [0.4, 0.5) is 5.69 Å². The lowest BCUT2D eigenvalue weighted by atomic mass is 10.1. The number of aromatic nitrogens is 1. The first kappa shape index (κ1) is 14.9. The molecule has 0 N–H and O–H groups in total. The SMILES string of the molecule is CC[n+]1c(/C=C\c2ccc([N+](=O)[O-])cc2)ccc2ccccc21. The zero-order chi connectivity index (χ0) is 16.2. The third-order valence-electron chi connectivity index (χ3n) is 3.84. The summed E-state index contributed by atoms with van der Waals surface area (Å²) in [6.45, 7) is 3.00. The Bertz CT molecular complexity index is 884. The standard InChI is InChI=1S/C19H17N2O2/c1-2-20-17(14-10-16-5-3-4-6-19(16)20)11-7-15-8-12-18(13-9-15)21(22)23/h3-14H,2H2,1H3/q+1/b11-7-. The highest BCUT2D eigenvalue weighted by Crippen LogP contribution is 2.15. The van der Waals surface area contributed by atoms with Crippen LogP contribution in [0.2, 0.25) is 0 Å². The van der Waals surface area contributed by atoms with E-state index in [1.807, 2.05) is 24.3 Å². The van der Waals surface area contributed by atoms with Gasteiger partial charge in [0.15, 0.2) is 0 Å². The molecular formula is C19H17N2O2+. The minimum atomic E-state index is -0.387. The lowest BCUT2D eigenvalue weighted by Gasteiger charge is -2.02. The van der Waals surface area contributed by atoms with Gasteiger partial charge in [-0.1, -0.05) is 12.1 Å². The summed E-state index contributed by atoms with van der Waals surface area (Å²) in [6.07, 6.45) is 4.01. The maximum absolute atomic E-state index is 10.7. The molecule has 4 heteroatoms. The highest BCUT2D eigenvalue weighted by atomic mass is 16.6. The average molecular weight is 305 g/mol. The first-order valence-corrected chi connectivity index (χ1v) is 7.53. The molecule has 0 spiro atoms. The summed E-state index contributed by atoms with van der Waals surface area (Å²) in [5, 5.41) is 11.9. The van der Waals surface area contributed by atoms with Gasteiger partial charge in [0.05, 0.1) is 4.92 Å². The largest absolute Gasteiger partial charge is 0.269 e. The third kappa shape index (κ3) is 3.11. The van der Waals surface area contributed by atoms with E-state index >= 15 is 0 Å². The molecule has 0 atom stereocenters. The van der Waals surface area contributed by atoms with Crippen LogP contribution in [0.1, 0.15) is 18.2 Å². The molecule has 1 heterocycles. The Morgan fingerprint density at radius 3 is 2.43 bits per heavy atom. The van der Waals surface area contributed by atoms with Crippen molar-refractivity contribution < 1.29 is 9.49 Å². The summed E-state index contributed by atoms with van der Waals surface area (Å²) in [5.41, 5.74) is 3.34. The predicted molar refractivity (Wildman–Crippen MR) is 91.8 cm³/mol. The van der Waals surface area contributed by atoms with Crippen molar-refractivity contribution in [3.8, 4) is 0 Å². The number of para-hydroxylation sites is 1. The van der Waals surface area contributed by atoms with Crippen LogP contribution in [0.15, 0.2) is 60.7 Å². The van der Waals surface area contributed by atoms with Crippen LogP contribution in [0.25, 0.3) is 23.1 Å². The van der Waals surface area contributed by atoms with E-state index in [-0.39, 0.29) is 10.6 Å². The molecule has 0 fully saturated rings. The molecule has 0 aliphatic rings. The predicted octanol–water partition coefficient (Wildman–Crippen LogP) is 4.23. The quantitative estimate of drug-likeness (QED) is 0.411. The first-order chi connectivity index (χ1) is 11.2. The molecular weight excluding hydrogens is 288 g/mol. The Labute approximate surface area is 134 Å². The molecule has 0 bridgehead atoms. The van der Waals surface area contributed by atoms with Gasteiger partial charge in [-0.15, -0.1) is 0 Å². The van der Waals surface area contributed by atoms with Crippen LogP contribution in [-0.2, 0) is 6.54 Å². The Morgan fingerprint density at radius 1 is 1.00 bits per heavy atom. The van der Waals surface area contributed by atoms with Gasteiger partial charge in [-0.25, -0.2) is 0 Å².